The predicted octanol–water partition coefficient (Wildman–Crippen LogP) is 3.64. The van der Waals surface area contributed by atoms with Gasteiger partial charge in [-0.1, -0.05) is 32.9 Å². The third-order valence-electron chi connectivity index (χ3n) is 7.67. The molecular weight excluding hydrogens is 304 g/mol. The fourth-order valence-corrected chi connectivity index (χ4v) is 6.55. The molecule has 4 fully saturated rings. The summed E-state index contributed by atoms with van der Waals surface area (Å²) in [5, 5.41) is 10.6. The lowest BCUT2D eigenvalue weighted by molar-refractivity contribution is -0.196. The molecule has 0 bridgehead atoms. The van der Waals surface area contributed by atoms with Crippen LogP contribution in [0, 0.1) is 34.5 Å². The highest BCUT2D eigenvalue weighted by Crippen LogP contribution is 2.65. The minimum Gasteiger partial charge on any atom is -0.435 e. The SMILES string of the molecule is C=C1CCCC(C)(C)[C@@H]2CC[C@@](C)([C@@H]3[C@H]4CC(=O)O[C@H]4O[C@H]3O)[C@H]12. The van der Waals surface area contributed by atoms with Crippen LogP contribution in [0.5, 0.6) is 0 Å². The van der Waals surface area contributed by atoms with Crippen molar-refractivity contribution >= 4 is 5.97 Å². The molecule has 0 aromatic heterocycles. The molecule has 134 valence electrons. The van der Waals surface area contributed by atoms with Crippen molar-refractivity contribution in [1.82, 2.24) is 0 Å². The number of ether oxygens (including phenoxy) is 2. The number of rotatable bonds is 1. The van der Waals surface area contributed by atoms with Crippen LogP contribution in [-0.4, -0.2) is 23.7 Å². The molecule has 24 heavy (non-hydrogen) atoms. The molecule has 0 amide bonds. The Labute approximate surface area is 144 Å². The van der Waals surface area contributed by atoms with Crippen molar-refractivity contribution in [3.05, 3.63) is 12.2 Å². The van der Waals surface area contributed by atoms with Crippen LogP contribution in [0.1, 0.15) is 59.3 Å². The third-order valence-corrected chi connectivity index (χ3v) is 7.67. The Morgan fingerprint density at radius 3 is 2.75 bits per heavy atom. The summed E-state index contributed by atoms with van der Waals surface area (Å²) in [5.74, 6) is 0.736. The predicted molar refractivity (Wildman–Crippen MR) is 89.7 cm³/mol. The second-order valence-corrected chi connectivity index (χ2v) is 9.41. The highest BCUT2D eigenvalue weighted by molar-refractivity contribution is 5.72. The summed E-state index contributed by atoms with van der Waals surface area (Å²) in [7, 11) is 0. The summed E-state index contributed by atoms with van der Waals surface area (Å²) in [6.07, 6.45) is 4.72. The number of aliphatic hydroxyl groups excluding tert-OH is 1. The van der Waals surface area contributed by atoms with Gasteiger partial charge in [0.15, 0.2) is 6.29 Å². The summed E-state index contributed by atoms with van der Waals surface area (Å²) >= 11 is 0. The van der Waals surface area contributed by atoms with E-state index in [2.05, 4.69) is 27.4 Å². The summed E-state index contributed by atoms with van der Waals surface area (Å²) in [6, 6.07) is 0. The molecule has 0 unspecified atom stereocenters. The first-order valence-corrected chi connectivity index (χ1v) is 9.45. The zero-order chi connectivity index (χ0) is 17.3. The van der Waals surface area contributed by atoms with Crippen LogP contribution in [0.25, 0.3) is 0 Å². The minimum absolute atomic E-state index is 0.0181. The normalized spacial score (nSPS) is 50.3. The molecule has 2 aliphatic heterocycles. The average Bonchev–Trinajstić information content (AvgIpc) is 3.05. The number of hydrogen-bond acceptors (Lipinski definition) is 4. The van der Waals surface area contributed by atoms with Crippen molar-refractivity contribution in [2.24, 2.45) is 34.5 Å². The van der Waals surface area contributed by atoms with Crippen molar-refractivity contribution in [2.45, 2.75) is 71.9 Å². The van der Waals surface area contributed by atoms with Gasteiger partial charge in [0.2, 0.25) is 6.29 Å². The van der Waals surface area contributed by atoms with Gasteiger partial charge in [0.25, 0.3) is 0 Å². The van der Waals surface area contributed by atoms with Crippen molar-refractivity contribution < 1.29 is 19.4 Å². The van der Waals surface area contributed by atoms with Gasteiger partial charge >= 0.3 is 5.97 Å². The Morgan fingerprint density at radius 1 is 1.25 bits per heavy atom. The molecule has 2 heterocycles. The quantitative estimate of drug-likeness (QED) is 0.587. The van der Waals surface area contributed by atoms with Crippen molar-refractivity contribution in [3.63, 3.8) is 0 Å². The van der Waals surface area contributed by atoms with Crippen LogP contribution >= 0.6 is 0 Å². The van der Waals surface area contributed by atoms with Crippen LogP contribution in [-0.2, 0) is 14.3 Å². The van der Waals surface area contributed by atoms with Crippen LogP contribution in [0.4, 0.5) is 0 Å². The fraction of sp³-hybridized carbons (Fsp3) is 0.850. The maximum Gasteiger partial charge on any atom is 0.308 e. The third kappa shape index (κ3) is 2.22. The van der Waals surface area contributed by atoms with E-state index in [9.17, 15) is 9.90 Å². The molecule has 0 aromatic rings. The summed E-state index contributed by atoms with van der Waals surface area (Å²) in [6.45, 7) is 11.5. The molecule has 2 saturated heterocycles. The zero-order valence-corrected chi connectivity index (χ0v) is 15.1. The van der Waals surface area contributed by atoms with Gasteiger partial charge in [0.05, 0.1) is 6.42 Å². The molecule has 0 aromatic carbocycles. The first-order valence-electron chi connectivity index (χ1n) is 9.45. The van der Waals surface area contributed by atoms with Gasteiger partial charge in [-0.05, 0) is 54.8 Å². The van der Waals surface area contributed by atoms with E-state index < -0.39 is 12.6 Å². The Kier molecular flexibility index (Phi) is 3.67. The van der Waals surface area contributed by atoms with Gasteiger partial charge in [-0.15, -0.1) is 0 Å². The number of carbonyl (C=O) groups is 1. The Hall–Kier alpha value is -0.870. The number of hydrogen-bond donors (Lipinski definition) is 1. The first kappa shape index (κ1) is 16.6. The summed E-state index contributed by atoms with van der Waals surface area (Å²) < 4.78 is 10.9. The van der Waals surface area contributed by atoms with Gasteiger partial charge < -0.3 is 14.6 Å². The number of carbonyl (C=O) groups excluding carboxylic acids is 1. The number of fused-ring (bicyclic) bond motifs is 2. The molecule has 0 radical (unpaired) electrons. The summed E-state index contributed by atoms with van der Waals surface area (Å²) in [4.78, 5) is 11.7. The van der Waals surface area contributed by atoms with E-state index in [1.54, 1.807) is 0 Å². The Morgan fingerprint density at radius 2 is 2.00 bits per heavy atom. The zero-order valence-electron chi connectivity index (χ0n) is 15.1. The van der Waals surface area contributed by atoms with E-state index in [1.165, 1.54) is 24.8 Å². The fourth-order valence-electron chi connectivity index (χ4n) is 6.55. The van der Waals surface area contributed by atoms with Gasteiger partial charge in [0, 0.05) is 11.8 Å². The molecule has 7 atom stereocenters. The maximum absolute atomic E-state index is 11.7. The molecule has 4 nitrogen and oxygen atoms in total. The highest BCUT2D eigenvalue weighted by atomic mass is 16.8. The lowest BCUT2D eigenvalue weighted by atomic mass is 9.59. The lowest BCUT2D eigenvalue weighted by Crippen LogP contribution is -2.43. The second-order valence-electron chi connectivity index (χ2n) is 9.41. The standard InChI is InChI=1S/C20H30O4/c1-11-6-5-8-19(2,3)13-7-9-20(4,15(11)13)16-12-10-14(21)23-18(12)24-17(16)22/h12-13,15-18,22H,1,5-10H2,2-4H3/t12-,13-,15-,16-,17-,18+,20-/m1/s1. The van der Waals surface area contributed by atoms with Crippen molar-refractivity contribution in [1.29, 1.82) is 0 Å². The van der Waals surface area contributed by atoms with Gasteiger partial charge in [-0.3, -0.25) is 4.79 Å². The van der Waals surface area contributed by atoms with Crippen LogP contribution in [0.3, 0.4) is 0 Å². The van der Waals surface area contributed by atoms with E-state index in [1.807, 2.05) is 0 Å². The van der Waals surface area contributed by atoms with Gasteiger partial charge in [0.1, 0.15) is 0 Å². The molecule has 1 N–H and O–H groups in total. The van der Waals surface area contributed by atoms with Crippen molar-refractivity contribution in [2.75, 3.05) is 0 Å². The number of allylic oxidation sites excluding steroid dienone is 1. The van der Waals surface area contributed by atoms with Gasteiger partial charge in [-0.2, -0.15) is 0 Å². The second kappa shape index (κ2) is 5.31. The minimum atomic E-state index is -0.837. The molecule has 4 rings (SSSR count). The smallest absolute Gasteiger partial charge is 0.308 e. The Balaban J connectivity index is 1.71. The monoisotopic (exact) mass is 334 g/mol. The molecule has 2 aliphatic carbocycles. The van der Waals surface area contributed by atoms with E-state index in [0.717, 1.165) is 12.8 Å². The molecule has 4 heteroatoms. The van der Waals surface area contributed by atoms with E-state index in [4.69, 9.17) is 9.47 Å². The van der Waals surface area contributed by atoms with Crippen molar-refractivity contribution in [3.8, 4) is 0 Å². The highest BCUT2D eigenvalue weighted by Gasteiger charge is 2.63. The van der Waals surface area contributed by atoms with Crippen LogP contribution in [0.15, 0.2) is 12.2 Å². The maximum atomic E-state index is 11.7. The van der Waals surface area contributed by atoms with Gasteiger partial charge in [-0.25, -0.2) is 0 Å². The topological polar surface area (TPSA) is 55.8 Å². The number of aliphatic hydroxyl groups is 1. The molecule has 0 spiro atoms. The largest absolute Gasteiger partial charge is 0.435 e. The van der Waals surface area contributed by atoms with Crippen LogP contribution < -0.4 is 0 Å². The first-order chi connectivity index (χ1) is 11.2. The van der Waals surface area contributed by atoms with Crippen LogP contribution in [0.2, 0.25) is 0 Å². The number of esters is 1. The van der Waals surface area contributed by atoms with E-state index in [-0.39, 0.29) is 23.2 Å². The molecule has 2 saturated carbocycles. The molecular formula is C20H30O4. The molecule has 4 aliphatic rings. The van der Waals surface area contributed by atoms with E-state index in [0.29, 0.717) is 23.7 Å². The van der Waals surface area contributed by atoms with E-state index >= 15 is 0 Å². The average molecular weight is 334 g/mol. The summed E-state index contributed by atoms with van der Waals surface area (Å²) in [5.41, 5.74) is 1.57. The lowest BCUT2D eigenvalue weighted by Gasteiger charge is -2.44. The Bertz CT molecular complexity index is 568.